The predicted octanol–water partition coefficient (Wildman–Crippen LogP) is 5.15. The first-order valence-electron chi connectivity index (χ1n) is 12.5. The summed E-state index contributed by atoms with van der Waals surface area (Å²) < 4.78 is 3.75. The highest BCUT2D eigenvalue weighted by Crippen LogP contribution is 2.25. The third kappa shape index (κ3) is 4.85. The molecular weight excluding hydrogens is 458 g/mol. The fourth-order valence-electron chi connectivity index (χ4n) is 4.77. The van der Waals surface area contributed by atoms with Crippen molar-refractivity contribution < 1.29 is 4.79 Å². The van der Waals surface area contributed by atoms with Crippen LogP contribution in [0.4, 0.5) is 0 Å². The summed E-state index contributed by atoms with van der Waals surface area (Å²) in [6.07, 6.45) is 6.45. The predicted molar refractivity (Wildman–Crippen MR) is 140 cm³/mol. The molecule has 1 amide bonds. The zero-order chi connectivity index (χ0) is 24.2. The maximum atomic E-state index is 13.2. The largest absolute Gasteiger partial charge is 0.339 e. The van der Waals surface area contributed by atoms with Crippen LogP contribution in [0.15, 0.2) is 58.5 Å². The van der Waals surface area contributed by atoms with Gasteiger partial charge >= 0.3 is 0 Å². The number of likely N-dealkylation sites (tertiary alicyclic amines) is 1. The molecule has 0 spiro atoms. The molecule has 2 aromatic heterocycles. The van der Waals surface area contributed by atoms with Gasteiger partial charge < -0.3 is 4.90 Å². The number of para-hydroxylation sites is 1. The minimum absolute atomic E-state index is 0.0166. The summed E-state index contributed by atoms with van der Waals surface area (Å²) in [5, 5.41) is 10.3. The van der Waals surface area contributed by atoms with Crippen molar-refractivity contribution >= 4 is 34.3 Å². The van der Waals surface area contributed by atoms with Gasteiger partial charge in [0.2, 0.25) is 5.78 Å². The number of benzene rings is 2. The normalized spacial score (nSPS) is 14.1. The van der Waals surface area contributed by atoms with Crippen LogP contribution in [-0.4, -0.2) is 43.1 Å². The van der Waals surface area contributed by atoms with Gasteiger partial charge in [-0.05, 0) is 55.5 Å². The maximum absolute atomic E-state index is 13.2. The number of fused-ring (bicyclic) bond motifs is 3. The van der Waals surface area contributed by atoms with Crippen LogP contribution in [0.25, 0.3) is 16.7 Å². The standard InChI is InChI=1S/C27H31N5O2S/c1-2-3-7-17-31-25(34)22-13-5-6-14-23(22)32-26(31)28-29-27(32)35-19-20-11-10-12-21(18-20)24(33)30-15-8-4-9-16-30/h5-6,10-14,18H,2-4,7-9,15-17,19H2,1H3. The van der Waals surface area contributed by atoms with E-state index in [1.54, 1.807) is 16.3 Å². The van der Waals surface area contributed by atoms with Crippen molar-refractivity contribution in [2.24, 2.45) is 0 Å². The molecule has 182 valence electrons. The Kier molecular flexibility index (Phi) is 7.18. The molecule has 7 nitrogen and oxygen atoms in total. The molecule has 5 rings (SSSR count). The summed E-state index contributed by atoms with van der Waals surface area (Å²) in [6, 6.07) is 15.5. The number of hydrogen-bond donors (Lipinski definition) is 0. The maximum Gasteiger partial charge on any atom is 0.262 e. The molecule has 35 heavy (non-hydrogen) atoms. The highest BCUT2D eigenvalue weighted by Gasteiger charge is 2.19. The van der Waals surface area contributed by atoms with Crippen LogP contribution < -0.4 is 5.56 Å². The number of carbonyl (C=O) groups is 1. The molecule has 0 bridgehead atoms. The average molecular weight is 490 g/mol. The van der Waals surface area contributed by atoms with Gasteiger partial charge in [-0.1, -0.05) is 55.8 Å². The van der Waals surface area contributed by atoms with Crippen LogP contribution in [0.3, 0.4) is 0 Å². The first-order chi connectivity index (χ1) is 17.2. The molecule has 0 radical (unpaired) electrons. The van der Waals surface area contributed by atoms with Gasteiger partial charge in [-0.3, -0.25) is 18.6 Å². The first-order valence-corrected chi connectivity index (χ1v) is 13.5. The van der Waals surface area contributed by atoms with Crippen LogP contribution in [0.1, 0.15) is 61.4 Å². The molecule has 1 aliphatic rings. The smallest absolute Gasteiger partial charge is 0.262 e. The Labute approximate surface area is 209 Å². The van der Waals surface area contributed by atoms with E-state index in [4.69, 9.17) is 0 Å². The first kappa shape index (κ1) is 23.6. The summed E-state index contributed by atoms with van der Waals surface area (Å²) in [4.78, 5) is 28.1. The molecule has 1 fully saturated rings. The molecule has 3 heterocycles. The van der Waals surface area contributed by atoms with Crippen LogP contribution in [0.2, 0.25) is 0 Å². The number of thioether (sulfide) groups is 1. The van der Waals surface area contributed by atoms with Crippen molar-refractivity contribution in [3.63, 3.8) is 0 Å². The van der Waals surface area contributed by atoms with E-state index >= 15 is 0 Å². The lowest BCUT2D eigenvalue weighted by Gasteiger charge is -2.26. The van der Waals surface area contributed by atoms with Crippen LogP contribution in [-0.2, 0) is 12.3 Å². The van der Waals surface area contributed by atoms with E-state index in [0.29, 0.717) is 23.5 Å². The van der Waals surface area contributed by atoms with E-state index in [2.05, 4.69) is 17.1 Å². The number of hydrogen-bond acceptors (Lipinski definition) is 5. The minimum atomic E-state index is -0.0166. The zero-order valence-electron chi connectivity index (χ0n) is 20.2. The summed E-state index contributed by atoms with van der Waals surface area (Å²) in [5.41, 5.74) is 2.61. The second-order valence-corrected chi connectivity index (χ2v) is 10.1. The Hall–Kier alpha value is -3.13. The fourth-order valence-corrected chi connectivity index (χ4v) is 5.65. The zero-order valence-corrected chi connectivity index (χ0v) is 21.0. The Morgan fingerprint density at radius 1 is 1.00 bits per heavy atom. The van der Waals surface area contributed by atoms with Gasteiger partial charge in [0.25, 0.3) is 11.5 Å². The van der Waals surface area contributed by atoms with Gasteiger partial charge in [0, 0.05) is 31.0 Å². The molecule has 0 unspecified atom stereocenters. The number of amides is 1. The number of nitrogens with zero attached hydrogens (tertiary/aromatic N) is 5. The highest BCUT2D eigenvalue weighted by atomic mass is 32.2. The van der Waals surface area contributed by atoms with E-state index in [1.165, 1.54) is 6.42 Å². The van der Waals surface area contributed by atoms with Crippen LogP contribution in [0.5, 0.6) is 0 Å². The van der Waals surface area contributed by atoms with Crippen LogP contribution >= 0.6 is 11.8 Å². The fraction of sp³-hybridized carbons (Fsp3) is 0.407. The molecule has 1 saturated heterocycles. The second kappa shape index (κ2) is 10.6. The van der Waals surface area contributed by atoms with Crippen molar-refractivity contribution in [3.05, 3.63) is 70.0 Å². The Bertz CT molecular complexity index is 1400. The lowest BCUT2D eigenvalue weighted by Crippen LogP contribution is -2.35. The Balaban J connectivity index is 1.43. The molecule has 2 aromatic carbocycles. The number of aromatic nitrogens is 4. The van der Waals surface area contributed by atoms with Gasteiger partial charge in [0.1, 0.15) is 0 Å². The summed E-state index contributed by atoms with van der Waals surface area (Å²) >= 11 is 1.57. The highest BCUT2D eigenvalue weighted by molar-refractivity contribution is 7.98. The number of piperidine rings is 1. The van der Waals surface area contributed by atoms with E-state index < -0.39 is 0 Å². The molecule has 0 aliphatic carbocycles. The number of aryl methyl sites for hydroxylation is 1. The quantitative estimate of drug-likeness (QED) is 0.253. The van der Waals surface area contributed by atoms with E-state index in [9.17, 15) is 9.59 Å². The summed E-state index contributed by atoms with van der Waals surface area (Å²) in [5.74, 6) is 1.36. The molecular formula is C27H31N5O2S. The second-order valence-electron chi connectivity index (χ2n) is 9.14. The van der Waals surface area contributed by atoms with Gasteiger partial charge in [-0.15, -0.1) is 10.2 Å². The van der Waals surface area contributed by atoms with Crippen molar-refractivity contribution in [1.82, 2.24) is 24.1 Å². The van der Waals surface area contributed by atoms with Crippen molar-refractivity contribution in [1.29, 1.82) is 0 Å². The molecule has 8 heteroatoms. The monoisotopic (exact) mass is 489 g/mol. The molecule has 0 saturated carbocycles. The lowest BCUT2D eigenvalue weighted by molar-refractivity contribution is 0.0724. The number of carbonyl (C=O) groups excluding carboxylic acids is 1. The Morgan fingerprint density at radius 3 is 2.66 bits per heavy atom. The van der Waals surface area contributed by atoms with Crippen molar-refractivity contribution in [2.45, 2.75) is 62.9 Å². The van der Waals surface area contributed by atoms with Crippen molar-refractivity contribution in [2.75, 3.05) is 13.1 Å². The Morgan fingerprint density at radius 2 is 1.83 bits per heavy atom. The van der Waals surface area contributed by atoms with Crippen molar-refractivity contribution in [3.8, 4) is 0 Å². The topological polar surface area (TPSA) is 72.5 Å². The molecule has 0 atom stereocenters. The van der Waals surface area contributed by atoms with Crippen LogP contribution in [0, 0.1) is 0 Å². The minimum Gasteiger partial charge on any atom is -0.339 e. The number of unbranched alkanes of at least 4 members (excludes halogenated alkanes) is 2. The molecule has 4 aromatic rings. The van der Waals surface area contributed by atoms with E-state index in [1.807, 2.05) is 57.8 Å². The van der Waals surface area contributed by atoms with Gasteiger partial charge in [0.15, 0.2) is 5.16 Å². The third-order valence-electron chi connectivity index (χ3n) is 6.65. The average Bonchev–Trinajstić information content (AvgIpc) is 3.33. The van der Waals surface area contributed by atoms with Gasteiger partial charge in [-0.2, -0.15) is 0 Å². The molecule has 0 N–H and O–H groups in total. The lowest BCUT2D eigenvalue weighted by atomic mass is 10.1. The van der Waals surface area contributed by atoms with Gasteiger partial charge in [-0.25, -0.2) is 0 Å². The summed E-state index contributed by atoms with van der Waals surface area (Å²) in [7, 11) is 0. The summed E-state index contributed by atoms with van der Waals surface area (Å²) in [6.45, 7) is 4.47. The number of rotatable bonds is 8. The van der Waals surface area contributed by atoms with Gasteiger partial charge in [0.05, 0.1) is 10.9 Å². The van der Waals surface area contributed by atoms with E-state index in [0.717, 1.165) is 67.0 Å². The third-order valence-corrected chi connectivity index (χ3v) is 7.65. The molecule has 1 aliphatic heterocycles. The van der Waals surface area contributed by atoms with E-state index in [-0.39, 0.29) is 11.5 Å². The SMILES string of the molecule is CCCCCn1c(=O)c2ccccc2n2c(SCc3cccc(C(=O)N4CCCCC4)c3)nnc12.